The molecule has 0 aliphatic carbocycles. The Balaban J connectivity index is 4.02. The molecule has 0 bridgehead atoms. The van der Waals surface area contributed by atoms with Crippen LogP contribution < -0.4 is 17.1 Å². The van der Waals surface area contributed by atoms with Crippen LogP contribution in [0.3, 0.4) is 0 Å². The normalized spacial score (nSPS) is 14.4. The second-order valence-electron chi connectivity index (χ2n) is 4.96. The molecular weight excluding hydrogens is 378 g/mol. The maximum atomic E-state index is 12.2. The summed E-state index contributed by atoms with van der Waals surface area (Å²) in [5.74, 6) is -5.52. The summed E-state index contributed by atoms with van der Waals surface area (Å²) in [5, 5.41) is 54.3. The molecule has 0 amide bonds. The molecule has 3 atom stereocenters. The first-order valence-electron chi connectivity index (χ1n) is 7.05. The lowest BCUT2D eigenvalue weighted by atomic mass is 10.3. The van der Waals surface area contributed by atoms with Crippen molar-refractivity contribution in [3.8, 4) is 0 Å². The molecule has 0 aliphatic heterocycles. The highest BCUT2D eigenvalue weighted by Gasteiger charge is 2.32. The zero-order chi connectivity index (χ0) is 21.0. The van der Waals surface area contributed by atoms with Crippen molar-refractivity contribution < 1.29 is 45.0 Å². The smallest absolute Gasteiger partial charge is 0.350 e. The van der Waals surface area contributed by atoms with Crippen molar-refractivity contribution in [1.82, 2.24) is 13.7 Å². The van der Waals surface area contributed by atoms with Crippen LogP contribution in [0.25, 0.3) is 0 Å². The predicted molar refractivity (Wildman–Crippen MR) is 80.4 cm³/mol. The fourth-order valence-electron chi connectivity index (χ4n) is 1.79. The van der Waals surface area contributed by atoms with Gasteiger partial charge in [0, 0.05) is 0 Å². The zero-order valence-electron chi connectivity index (χ0n) is 13.3. The minimum atomic E-state index is -2.37. The van der Waals surface area contributed by atoms with E-state index in [0.29, 0.717) is 0 Å². The highest BCUT2D eigenvalue weighted by molar-refractivity contribution is 5.87. The molecular formula is C12H15N3O12. The first kappa shape index (κ1) is 22.2. The summed E-state index contributed by atoms with van der Waals surface area (Å²) in [4.78, 5) is 72.4. The van der Waals surface area contributed by atoms with Gasteiger partial charge in [-0.05, 0) is 0 Å². The van der Waals surface area contributed by atoms with Crippen molar-refractivity contribution in [2.75, 3.05) is 19.8 Å². The van der Waals surface area contributed by atoms with Gasteiger partial charge >= 0.3 is 17.1 Å². The molecule has 0 saturated heterocycles. The van der Waals surface area contributed by atoms with Gasteiger partial charge in [-0.15, -0.1) is 0 Å². The largest absolute Gasteiger partial charge is 0.393 e. The SMILES string of the molecule is O=C(C(O)CO)n1c(=O)n(C(=O)C(O)CO)c(=O)n(C(=O)C(O)CO)c1=O. The third-order valence-electron chi connectivity index (χ3n) is 3.18. The van der Waals surface area contributed by atoms with Crippen LogP contribution >= 0.6 is 0 Å². The Morgan fingerprint density at radius 3 is 0.926 bits per heavy atom. The Bertz CT molecular complexity index is 776. The lowest BCUT2D eigenvalue weighted by Crippen LogP contribution is -2.63. The maximum absolute atomic E-state index is 12.2. The number of carbonyl (C=O) groups is 3. The molecule has 27 heavy (non-hydrogen) atoms. The molecule has 0 radical (unpaired) electrons. The van der Waals surface area contributed by atoms with E-state index in [1.54, 1.807) is 0 Å². The van der Waals surface area contributed by atoms with Crippen LogP contribution in [0.2, 0.25) is 0 Å². The molecule has 0 spiro atoms. The monoisotopic (exact) mass is 393 g/mol. The van der Waals surface area contributed by atoms with Crippen molar-refractivity contribution in [3.05, 3.63) is 31.5 Å². The summed E-state index contributed by atoms with van der Waals surface area (Å²) in [6.45, 7) is -3.86. The van der Waals surface area contributed by atoms with E-state index in [0.717, 1.165) is 0 Å². The highest BCUT2D eigenvalue weighted by atomic mass is 16.3. The van der Waals surface area contributed by atoms with Crippen molar-refractivity contribution in [2.45, 2.75) is 18.3 Å². The number of rotatable bonds is 6. The number of hydrogen-bond donors (Lipinski definition) is 6. The molecule has 1 aromatic rings. The van der Waals surface area contributed by atoms with E-state index in [4.69, 9.17) is 15.3 Å². The van der Waals surface area contributed by atoms with Gasteiger partial charge in [0.25, 0.3) is 17.7 Å². The van der Waals surface area contributed by atoms with Gasteiger partial charge in [0.05, 0.1) is 19.8 Å². The highest BCUT2D eigenvalue weighted by Crippen LogP contribution is 1.91. The summed E-state index contributed by atoms with van der Waals surface area (Å²) in [6.07, 6.45) is -7.11. The van der Waals surface area contributed by atoms with Gasteiger partial charge in [0.2, 0.25) is 0 Å². The van der Waals surface area contributed by atoms with Gasteiger partial charge in [-0.1, -0.05) is 0 Å². The minimum Gasteiger partial charge on any atom is -0.393 e. The molecule has 150 valence electrons. The van der Waals surface area contributed by atoms with Crippen LogP contribution in [-0.4, -0.2) is 100 Å². The number of aromatic nitrogens is 3. The van der Waals surface area contributed by atoms with E-state index >= 15 is 0 Å². The third kappa shape index (κ3) is 3.97. The fourth-order valence-corrected chi connectivity index (χ4v) is 1.79. The van der Waals surface area contributed by atoms with Crippen LogP contribution in [-0.2, 0) is 0 Å². The van der Waals surface area contributed by atoms with Crippen LogP contribution in [0, 0.1) is 0 Å². The van der Waals surface area contributed by atoms with Crippen LogP contribution in [0.1, 0.15) is 14.4 Å². The number of nitrogens with zero attached hydrogens (tertiary/aromatic N) is 3. The quantitative estimate of drug-likeness (QED) is 0.264. The number of hydrogen-bond acceptors (Lipinski definition) is 12. The summed E-state index contributed by atoms with van der Waals surface area (Å²) < 4.78 is -1.69. The van der Waals surface area contributed by atoms with Gasteiger partial charge in [-0.3, -0.25) is 14.4 Å². The summed E-state index contributed by atoms with van der Waals surface area (Å²) in [7, 11) is 0. The molecule has 15 nitrogen and oxygen atoms in total. The molecule has 0 fully saturated rings. The number of aliphatic hydroxyl groups excluding tert-OH is 6. The second kappa shape index (κ2) is 8.71. The predicted octanol–water partition coefficient (Wildman–Crippen LogP) is -6.85. The average molecular weight is 393 g/mol. The fraction of sp³-hybridized carbons (Fsp3) is 0.500. The summed E-state index contributed by atoms with van der Waals surface area (Å²) >= 11 is 0. The van der Waals surface area contributed by atoms with Crippen molar-refractivity contribution in [3.63, 3.8) is 0 Å². The molecule has 1 heterocycles. The Morgan fingerprint density at radius 2 is 0.778 bits per heavy atom. The summed E-state index contributed by atoms with van der Waals surface area (Å²) in [6, 6.07) is 0. The Hall–Kier alpha value is -2.82. The molecule has 3 unspecified atom stereocenters. The topological polar surface area (TPSA) is 239 Å². The molecule has 1 aromatic heterocycles. The standard InChI is InChI=1S/C12H15N3O12/c16-1-4(19)7(22)13-10(25)14(8(23)5(20)2-17)12(27)15(11(13)26)9(24)6(21)3-18/h4-6,16-21H,1-3H2. The first-order valence-corrected chi connectivity index (χ1v) is 7.05. The van der Waals surface area contributed by atoms with Gasteiger partial charge in [-0.2, -0.15) is 13.7 Å². The summed E-state index contributed by atoms with van der Waals surface area (Å²) in [5.41, 5.74) is -6.03. The minimum absolute atomic E-state index is 0.563. The molecule has 1 rings (SSSR count). The lowest BCUT2D eigenvalue weighted by molar-refractivity contribution is 0.0422. The van der Waals surface area contributed by atoms with Crippen molar-refractivity contribution in [2.24, 2.45) is 0 Å². The average Bonchev–Trinajstić information content (AvgIpc) is 2.65. The van der Waals surface area contributed by atoms with Crippen LogP contribution in [0.15, 0.2) is 14.4 Å². The van der Waals surface area contributed by atoms with Crippen molar-refractivity contribution >= 4 is 17.7 Å². The van der Waals surface area contributed by atoms with E-state index in [-0.39, 0.29) is 0 Å². The lowest BCUT2D eigenvalue weighted by Gasteiger charge is -2.15. The molecule has 15 heteroatoms. The first-order chi connectivity index (χ1) is 12.5. The molecule has 0 aliphatic rings. The Labute approximate surface area is 147 Å². The maximum Gasteiger partial charge on any atom is 0.350 e. The molecule has 6 N–H and O–H groups in total. The van der Waals surface area contributed by atoms with Crippen molar-refractivity contribution in [1.29, 1.82) is 0 Å². The van der Waals surface area contributed by atoms with E-state index in [1.807, 2.05) is 0 Å². The van der Waals surface area contributed by atoms with E-state index in [1.165, 1.54) is 0 Å². The van der Waals surface area contributed by atoms with Gasteiger partial charge in [-0.25, -0.2) is 14.4 Å². The van der Waals surface area contributed by atoms with E-state index < -0.39 is 86.6 Å². The van der Waals surface area contributed by atoms with E-state index in [2.05, 4.69) is 0 Å². The van der Waals surface area contributed by atoms with E-state index in [9.17, 15) is 44.1 Å². The molecule has 0 aromatic carbocycles. The van der Waals surface area contributed by atoms with Crippen LogP contribution in [0.4, 0.5) is 0 Å². The Morgan fingerprint density at radius 1 is 0.593 bits per heavy atom. The van der Waals surface area contributed by atoms with Gasteiger partial charge < -0.3 is 30.6 Å². The Kier molecular flexibility index (Phi) is 7.17. The van der Waals surface area contributed by atoms with Gasteiger partial charge in [0.15, 0.2) is 18.3 Å². The second-order valence-corrected chi connectivity index (χ2v) is 4.96. The zero-order valence-corrected chi connectivity index (χ0v) is 13.3. The van der Waals surface area contributed by atoms with Crippen LogP contribution in [0.5, 0.6) is 0 Å². The third-order valence-corrected chi connectivity index (χ3v) is 3.18. The number of aliphatic hydroxyl groups is 6. The molecule has 0 saturated carbocycles. The number of carbonyl (C=O) groups excluding carboxylic acids is 3. The van der Waals surface area contributed by atoms with Gasteiger partial charge in [0.1, 0.15) is 0 Å².